The number of likely N-dealkylation sites (N-methyl/N-ethyl adjacent to an activating group) is 2. The van der Waals surface area contributed by atoms with E-state index < -0.39 is 5.41 Å². The maximum Gasteiger partial charge on any atom is 0.124 e. The van der Waals surface area contributed by atoms with Crippen LogP contribution in [0.1, 0.15) is 183 Å². The fourth-order valence-corrected chi connectivity index (χ4v) is 11.1. The van der Waals surface area contributed by atoms with Crippen molar-refractivity contribution in [1.82, 2.24) is 14.7 Å². The maximum absolute atomic E-state index is 12.3. The minimum absolute atomic E-state index is 0. The SMILES string of the molecule is C.CC(C)c1cc(O)c(CN(C)CCN(C)Cc2c(C(C)C)ccc(C(C)C)c2O)c(C(C)C)c1.CCCN(Cc1cc(C)cc(C)c1O)Cc1cc(C)cc(C(c2ccccc2)(c2ccccc2)c2ccccc2)c1O. The fourth-order valence-electron chi connectivity index (χ4n) is 11.1. The van der Waals surface area contributed by atoms with Crippen LogP contribution in [0.4, 0.5) is 0 Å². The van der Waals surface area contributed by atoms with Crippen molar-refractivity contribution in [2.45, 2.75) is 152 Å². The summed E-state index contributed by atoms with van der Waals surface area (Å²) in [5.74, 6) is 2.94. The van der Waals surface area contributed by atoms with Crippen LogP contribution >= 0.6 is 0 Å². The molecule has 7 rings (SSSR count). The fraction of sp³-hybridized carbons (Fsp3) is 0.400. The van der Waals surface area contributed by atoms with Crippen LogP contribution in [0, 0.1) is 20.8 Å². The van der Waals surface area contributed by atoms with Crippen molar-refractivity contribution in [2.75, 3.05) is 33.7 Å². The summed E-state index contributed by atoms with van der Waals surface area (Å²) in [6.45, 7) is 30.8. The van der Waals surface area contributed by atoms with Crippen LogP contribution in [0.5, 0.6) is 23.0 Å². The predicted molar refractivity (Wildman–Crippen MR) is 325 cm³/mol. The Hall–Kier alpha value is -6.38. The highest BCUT2D eigenvalue weighted by molar-refractivity contribution is 5.65. The third-order valence-corrected chi connectivity index (χ3v) is 15.1. The average molecular weight is 1040 g/mol. The normalized spacial score (nSPS) is 11.8. The molecule has 7 nitrogen and oxygen atoms in total. The van der Waals surface area contributed by atoms with E-state index in [-0.39, 0.29) is 7.43 Å². The standard InChI is InChI=1S/C39H41NO2.C30H48N2O2.CH4/c1-5-21-40(26-31-23-28(2)22-30(4)37(31)41)27-32-24-29(3)25-36(38(32)42)39(33-15-9-6-10-16-33,34-17-11-7-12-18-34)35-19-13-8-14-20-35;1-19(2)23-15-26(22(7)8)27(29(33)16-23)17-31(9)13-14-32(10)18-28-24(20(3)4)11-12-25(21(5)6)30(28)34;/h6-20,22-25,41-42H,5,21,26-27H2,1-4H3;11-12,15-16,19-22,33-34H,13-14,17-18H2,1-10H3;1H4. The Morgan fingerprint density at radius 1 is 0.442 bits per heavy atom. The zero-order chi connectivity index (χ0) is 55.4. The van der Waals surface area contributed by atoms with Gasteiger partial charge in [0.25, 0.3) is 0 Å². The van der Waals surface area contributed by atoms with E-state index in [1.165, 1.54) is 16.7 Å². The van der Waals surface area contributed by atoms with Crippen LogP contribution in [0.2, 0.25) is 0 Å². The highest BCUT2D eigenvalue weighted by Crippen LogP contribution is 2.49. The molecular weight excluding hydrogens is 947 g/mol. The lowest BCUT2D eigenvalue weighted by molar-refractivity contribution is 0.242. The first kappa shape index (κ1) is 61.5. The monoisotopic (exact) mass is 1040 g/mol. The van der Waals surface area contributed by atoms with Crippen molar-refractivity contribution in [3.05, 3.63) is 223 Å². The Labute approximate surface area is 464 Å². The van der Waals surface area contributed by atoms with Gasteiger partial charge in [0.15, 0.2) is 0 Å². The molecule has 0 saturated heterocycles. The Kier molecular flexibility index (Phi) is 22.2. The molecule has 4 N–H and O–H groups in total. The summed E-state index contributed by atoms with van der Waals surface area (Å²) in [6.07, 6.45) is 0.965. The van der Waals surface area contributed by atoms with Crippen molar-refractivity contribution in [2.24, 2.45) is 0 Å². The number of hydrogen-bond acceptors (Lipinski definition) is 7. The molecule has 0 aliphatic rings. The van der Waals surface area contributed by atoms with E-state index in [1.54, 1.807) is 0 Å². The molecule has 0 radical (unpaired) electrons. The predicted octanol–water partition coefficient (Wildman–Crippen LogP) is 16.6. The number of benzene rings is 7. The van der Waals surface area contributed by atoms with E-state index in [2.05, 4.69) is 214 Å². The molecule has 412 valence electrons. The van der Waals surface area contributed by atoms with Crippen molar-refractivity contribution < 1.29 is 20.4 Å². The number of hydrogen-bond donors (Lipinski definition) is 4. The number of aromatic hydroxyl groups is 4. The van der Waals surface area contributed by atoms with Gasteiger partial charge in [0.05, 0.1) is 5.41 Å². The largest absolute Gasteiger partial charge is 0.508 e. The van der Waals surface area contributed by atoms with Crippen LogP contribution in [0.25, 0.3) is 0 Å². The molecule has 0 aliphatic heterocycles. The molecule has 0 bridgehead atoms. The third-order valence-electron chi connectivity index (χ3n) is 15.1. The van der Waals surface area contributed by atoms with Crippen LogP contribution < -0.4 is 0 Å². The summed E-state index contributed by atoms with van der Waals surface area (Å²) >= 11 is 0. The first-order chi connectivity index (χ1) is 36.2. The number of aryl methyl sites for hydroxylation is 3. The van der Waals surface area contributed by atoms with Gasteiger partial charge in [-0.05, 0) is 122 Å². The zero-order valence-electron chi connectivity index (χ0n) is 48.4. The highest BCUT2D eigenvalue weighted by atomic mass is 16.3. The average Bonchev–Trinajstić information content (AvgIpc) is 3.44. The second kappa shape index (κ2) is 27.8. The minimum Gasteiger partial charge on any atom is -0.508 e. The Morgan fingerprint density at radius 3 is 1.34 bits per heavy atom. The highest BCUT2D eigenvalue weighted by Gasteiger charge is 2.41. The lowest BCUT2D eigenvalue weighted by Crippen LogP contribution is -2.32. The Balaban J connectivity index is 0.000000287. The number of rotatable bonds is 21. The summed E-state index contributed by atoms with van der Waals surface area (Å²) in [5, 5.41) is 45.0. The first-order valence-corrected chi connectivity index (χ1v) is 27.8. The topological polar surface area (TPSA) is 90.6 Å². The third kappa shape index (κ3) is 14.8. The summed E-state index contributed by atoms with van der Waals surface area (Å²) in [7, 11) is 4.23. The molecule has 0 aromatic heterocycles. The Morgan fingerprint density at radius 2 is 0.883 bits per heavy atom. The molecule has 7 aromatic rings. The van der Waals surface area contributed by atoms with Crippen molar-refractivity contribution >= 4 is 0 Å². The summed E-state index contributed by atoms with van der Waals surface area (Å²) in [4.78, 5) is 6.88. The van der Waals surface area contributed by atoms with E-state index in [0.717, 1.165) is 106 Å². The smallest absolute Gasteiger partial charge is 0.124 e. The van der Waals surface area contributed by atoms with E-state index in [4.69, 9.17) is 0 Å². The van der Waals surface area contributed by atoms with E-state index in [9.17, 15) is 20.4 Å². The van der Waals surface area contributed by atoms with Gasteiger partial charge < -0.3 is 30.2 Å². The molecule has 0 aliphatic carbocycles. The molecule has 7 heteroatoms. The van der Waals surface area contributed by atoms with Crippen molar-refractivity contribution in [3.63, 3.8) is 0 Å². The minimum atomic E-state index is -0.726. The van der Waals surface area contributed by atoms with E-state index >= 15 is 0 Å². The molecule has 7 aromatic carbocycles. The molecule has 0 fully saturated rings. The summed E-state index contributed by atoms with van der Waals surface area (Å²) < 4.78 is 0. The van der Waals surface area contributed by atoms with Gasteiger partial charge in [0.1, 0.15) is 23.0 Å². The van der Waals surface area contributed by atoms with Gasteiger partial charge in [-0.25, -0.2) is 0 Å². The van der Waals surface area contributed by atoms with E-state index in [1.807, 2.05) is 37.3 Å². The van der Waals surface area contributed by atoms with Gasteiger partial charge in [-0.2, -0.15) is 0 Å². The van der Waals surface area contributed by atoms with Gasteiger partial charge >= 0.3 is 0 Å². The number of nitrogens with zero attached hydrogens (tertiary/aromatic N) is 3. The summed E-state index contributed by atoms with van der Waals surface area (Å²) in [5.41, 5.74) is 15.1. The van der Waals surface area contributed by atoms with Gasteiger partial charge in [-0.15, -0.1) is 0 Å². The molecule has 0 spiro atoms. The molecule has 0 heterocycles. The van der Waals surface area contributed by atoms with E-state index in [0.29, 0.717) is 59.8 Å². The number of phenolic OH excluding ortho intramolecular Hbond substituents is 4. The Bertz CT molecular complexity index is 2870. The van der Waals surface area contributed by atoms with Gasteiger partial charge in [-0.3, -0.25) is 4.90 Å². The zero-order valence-corrected chi connectivity index (χ0v) is 48.4. The van der Waals surface area contributed by atoms with Gasteiger partial charge in [0, 0.05) is 67.1 Å². The molecule has 0 atom stereocenters. The van der Waals surface area contributed by atoms with Crippen LogP contribution in [-0.2, 0) is 31.6 Å². The van der Waals surface area contributed by atoms with Gasteiger partial charge in [0.2, 0.25) is 0 Å². The molecule has 0 amide bonds. The maximum atomic E-state index is 12.3. The van der Waals surface area contributed by atoms with Crippen LogP contribution in [0.15, 0.2) is 140 Å². The van der Waals surface area contributed by atoms with Crippen molar-refractivity contribution in [1.29, 1.82) is 0 Å². The van der Waals surface area contributed by atoms with Gasteiger partial charge in [-0.1, -0.05) is 214 Å². The lowest BCUT2D eigenvalue weighted by atomic mass is 9.64. The lowest BCUT2D eigenvalue weighted by Gasteiger charge is -2.38. The second-order valence-corrected chi connectivity index (χ2v) is 22.7. The molecule has 0 saturated carbocycles. The first-order valence-electron chi connectivity index (χ1n) is 27.8. The quantitative estimate of drug-likeness (QED) is 0.0533. The molecular formula is C70H93N3O4. The van der Waals surface area contributed by atoms with Crippen LogP contribution in [0.3, 0.4) is 0 Å². The van der Waals surface area contributed by atoms with Crippen LogP contribution in [-0.4, -0.2) is 68.9 Å². The molecule has 0 unspecified atom stereocenters. The second-order valence-electron chi connectivity index (χ2n) is 22.7. The number of phenols is 4. The summed E-state index contributed by atoms with van der Waals surface area (Å²) in [6, 6.07) is 48.3. The van der Waals surface area contributed by atoms with Crippen molar-refractivity contribution in [3.8, 4) is 23.0 Å². The molecule has 77 heavy (non-hydrogen) atoms.